The topological polar surface area (TPSA) is 137 Å². The molecule has 0 radical (unpaired) electrons. The van der Waals surface area contributed by atoms with Crippen LogP contribution in [0.4, 0.5) is 5.82 Å². The van der Waals surface area contributed by atoms with E-state index in [9.17, 15) is 20.0 Å². The smallest absolute Gasteiger partial charge is 0.342 e. The Balaban J connectivity index is 2.10. The normalized spacial score (nSPS) is 11.8. The number of methoxy groups -OCH3 is 1. The Morgan fingerprint density at radius 3 is 2.80 bits per heavy atom. The Hall–Kier alpha value is -3.14. The average molecular weight is 351 g/mol. The Morgan fingerprint density at radius 1 is 1.48 bits per heavy atom. The van der Waals surface area contributed by atoms with Crippen molar-refractivity contribution in [2.45, 2.75) is 19.6 Å². The van der Waals surface area contributed by atoms with Gasteiger partial charge in [-0.25, -0.2) is 14.3 Å². The van der Waals surface area contributed by atoms with Gasteiger partial charge >= 0.3 is 11.8 Å². The third-order valence-electron chi connectivity index (χ3n) is 3.46. The molecule has 0 spiro atoms. The predicted octanol–water partition coefficient (Wildman–Crippen LogP) is 1.25. The number of hydrogen-bond donors (Lipinski definition) is 2. The summed E-state index contributed by atoms with van der Waals surface area (Å²) in [6.07, 6.45) is -0.00696. The number of benzene rings is 1. The van der Waals surface area contributed by atoms with Crippen LogP contribution in [-0.4, -0.2) is 50.5 Å². The monoisotopic (exact) mass is 351 g/mol. The molecule has 1 aromatic carbocycles. The lowest BCUT2D eigenvalue weighted by Crippen LogP contribution is -2.25. The minimum absolute atomic E-state index is 0.0303. The first kappa shape index (κ1) is 18.2. The highest BCUT2D eigenvalue weighted by Gasteiger charge is 2.21. The number of aliphatic hydroxyl groups is 1. The quantitative estimate of drug-likeness (QED) is 0.535. The first-order chi connectivity index (χ1) is 11.8. The van der Waals surface area contributed by atoms with Crippen molar-refractivity contribution < 1.29 is 29.4 Å². The molecule has 10 nitrogen and oxygen atoms in total. The van der Waals surface area contributed by atoms with E-state index in [4.69, 9.17) is 14.6 Å². The van der Waals surface area contributed by atoms with Crippen molar-refractivity contribution in [1.29, 1.82) is 0 Å². The number of imidazole rings is 1. The summed E-state index contributed by atoms with van der Waals surface area (Å²) < 4.78 is 11.6. The molecule has 1 aromatic heterocycles. The molecule has 0 amide bonds. The number of aromatic carboxylic acids is 1. The van der Waals surface area contributed by atoms with Crippen LogP contribution in [-0.2, 0) is 6.54 Å². The van der Waals surface area contributed by atoms with Crippen molar-refractivity contribution in [2.75, 3.05) is 13.7 Å². The fourth-order valence-electron chi connectivity index (χ4n) is 2.20. The summed E-state index contributed by atoms with van der Waals surface area (Å²) >= 11 is 0. The van der Waals surface area contributed by atoms with E-state index in [0.717, 1.165) is 6.20 Å². The van der Waals surface area contributed by atoms with Crippen LogP contribution in [0.1, 0.15) is 16.2 Å². The number of carboxylic acids is 1. The summed E-state index contributed by atoms with van der Waals surface area (Å²) in [5.41, 5.74) is -0.0854. The standard InChI is InChI=1S/C15H17N3O7/c1-9-16-6-14(18(22)23)17(9)7-10(19)8-25-13-5-11(24-2)3-4-12(13)15(20)21/h3-6,10,19H,7-8H2,1-2H3,(H,20,21). The van der Waals surface area contributed by atoms with Gasteiger partial charge in [0.25, 0.3) is 0 Å². The van der Waals surface area contributed by atoms with Gasteiger partial charge in [-0.1, -0.05) is 0 Å². The number of carboxylic acid groups (broad SMARTS) is 1. The molecule has 25 heavy (non-hydrogen) atoms. The lowest BCUT2D eigenvalue weighted by Gasteiger charge is -2.14. The van der Waals surface area contributed by atoms with E-state index in [2.05, 4.69) is 4.98 Å². The number of hydrogen-bond acceptors (Lipinski definition) is 7. The predicted molar refractivity (Wildman–Crippen MR) is 85.1 cm³/mol. The van der Waals surface area contributed by atoms with E-state index in [1.165, 1.54) is 29.9 Å². The summed E-state index contributed by atoms with van der Waals surface area (Å²) in [5, 5.41) is 30.2. The van der Waals surface area contributed by atoms with Crippen LogP contribution in [0.5, 0.6) is 11.5 Å². The summed E-state index contributed by atoms with van der Waals surface area (Å²) in [6.45, 7) is 1.20. The molecule has 10 heteroatoms. The van der Waals surface area contributed by atoms with Crippen molar-refractivity contribution in [2.24, 2.45) is 0 Å². The second-order valence-corrected chi connectivity index (χ2v) is 5.16. The lowest BCUT2D eigenvalue weighted by atomic mass is 10.2. The Morgan fingerprint density at radius 2 is 2.20 bits per heavy atom. The summed E-state index contributed by atoms with van der Waals surface area (Å²) in [7, 11) is 1.43. The van der Waals surface area contributed by atoms with Crippen LogP contribution < -0.4 is 9.47 Å². The van der Waals surface area contributed by atoms with E-state index >= 15 is 0 Å². The van der Waals surface area contributed by atoms with Gasteiger partial charge in [0, 0.05) is 13.0 Å². The molecule has 0 aliphatic carbocycles. The van der Waals surface area contributed by atoms with Gasteiger partial charge < -0.3 is 29.8 Å². The molecule has 1 heterocycles. The molecule has 134 valence electrons. The second kappa shape index (κ2) is 7.62. The number of nitrogens with zero attached hydrogens (tertiary/aromatic N) is 3. The van der Waals surface area contributed by atoms with Crippen molar-refractivity contribution in [3.63, 3.8) is 0 Å². The summed E-state index contributed by atoms with van der Waals surface area (Å²) in [4.78, 5) is 25.4. The molecule has 0 aliphatic heterocycles. The first-order valence-corrected chi connectivity index (χ1v) is 7.22. The zero-order valence-corrected chi connectivity index (χ0v) is 13.6. The molecule has 2 N–H and O–H groups in total. The lowest BCUT2D eigenvalue weighted by molar-refractivity contribution is -0.392. The first-order valence-electron chi connectivity index (χ1n) is 7.22. The van der Waals surface area contributed by atoms with E-state index in [-0.39, 0.29) is 30.3 Å². The van der Waals surface area contributed by atoms with Gasteiger partial charge in [-0.15, -0.1) is 0 Å². The largest absolute Gasteiger partial charge is 0.497 e. The summed E-state index contributed by atoms with van der Waals surface area (Å²) in [6, 6.07) is 4.19. The molecule has 1 unspecified atom stereocenters. The van der Waals surface area contributed by atoms with Gasteiger partial charge in [-0.2, -0.15) is 0 Å². The van der Waals surface area contributed by atoms with Gasteiger partial charge in [0.15, 0.2) is 5.82 Å². The molecule has 2 aromatic rings. The van der Waals surface area contributed by atoms with Crippen LogP contribution in [0.25, 0.3) is 0 Å². The number of aryl methyl sites for hydroxylation is 1. The van der Waals surface area contributed by atoms with Gasteiger partial charge in [0.05, 0.1) is 7.11 Å². The number of aliphatic hydroxyl groups excluding tert-OH is 1. The van der Waals surface area contributed by atoms with Crippen molar-refractivity contribution in [1.82, 2.24) is 9.55 Å². The van der Waals surface area contributed by atoms with Crippen LogP contribution in [0.15, 0.2) is 24.4 Å². The van der Waals surface area contributed by atoms with Crippen LogP contribution in [0, 0.1) is 17.0 Å². The average Bonchev–Trinajstić information content (AvgIpc) is 2.93. The minimum atomic E-state index is -1.19. The molecule has 0 bridgehead atoms. The SMILES string of the molecule is COc1ccc(C(=O)O)c(OCC(O)Cn2c([N+](=O)[O-])cnc2C)c1. The number of rotatable bonds is 8. The maximum atomic E-state index is 11.2. The zero-order valence-electron chi connectivity index (χ0n) is 13.6. The van der Waals surface area contributed by atoms with E-state index in [0.29, 0.717) is 11.6 Å². The van der Waals surface area contributed by atoms with Crippen molar-refractivity contribution in [3.05, 3.63) is 45.9 Å². The van der Waals surface area contributed by atoms with E-state index in [1.54, 1.807) is 6.92 Å². The third kappa shape index (κ3) is 4.23. The molecular weight excluding hydrogens is 334 g/mol. The Labute approximate surface area is 142 Å². The number of ether oxygens (including phenoxy) is 2. The Kier molecular flexibility index (Phi) is 5.55. The van der Waals surface area contributed by atoms with E-state index in [1.807, 2.05) is 0 Å². The maximum absolute atomic E-state index is 11.2. The minimum Gasteiger partial charge on any atom is -0.497 e. The van der Waals surface area contributed by atoms with Crippen LogP contribution in [0.2, 0.25) is 0 Å². The maximum Gasteiger partial charge on any atom is 0.342 e. The van der Waals surface area contributed by atoms with Gasteiger partial charge in [-0.05, 0) is 17.1 Å². The fraction of sp³-hybridized carbons (Fsp3) is 0.333. The van der Waals surface area contributed by atoms with Crippen molar-refractivity contribution in [3.8, 4) is 11.5 Å². The molecular formula is C15H17N3O7. The highest BCUT2D eigenvalue weighted by molar-refractivity contribution is 5.91. The number of aromatic nitrogens is 2. The highest BCUT2D eigenvalue weighted by atomic mass is 16.6. The van der Waals surface area contributed by atoms with E-state index < -0.39 is 17.0 Å². The highest BCUT2D eigenvalue weighted by Crippen LogP contribution is 2.25. The van der Waals surface area contributed by atoms with Gasteiger partial charge in [0.2, 0.25) is 0 Å². The molecule has 1 atom stereocenters. The third-order valence-corrected chi connectivity index (χ3v) is 3.46. The second-order valence-electron chi connectivity index (χ2n) is 5.16. The summed E-state index contributed by atoms with van der Waals surface area (Å²) in [5.74, 6) is -0.630. The van der Waals surface area contributed by atoms with Crippen LogP contribution in [0.3, 0.4) is 0 Å². The zero-order chi connectivity index (χ0) is 18.6. The molecule has 0 saturated carbocycles. The molecule has 2 rings (SSSR count). The van der Waals surface area contributed by atoms with Gasteiger partial charge in [-0.3, -0.25) is 0 Å². The fourth-order valence-corrected chi connectivity index (χ4v) is 2.20. The van der Waals surface area contributed by atoms with Crippen LogP contribution >= 0.6 is 0 Å². The molecule has 0 fully saturated rings. The van der Waals surface area contributed by atoms with Crippen molar-refractivity contribution >= 4 is 11.8 Å². The molecule has 0 saturated heterocycles. The van der Waals surface area contributed by atoms with Gasteiger partial charge in [0.1, 0.15) is 42.5 Å². The molecule has 0 aliphatic rings. The Bertz CT molecular complexity index is 787. The number of carbonyl (C=O) groups is 1. The number of nitro groups is 1.